The second-order valence-corrected chi connectivity index (χ2v) is 8.16. The van der Waals surface area contributed by atoms with E-state index in [1.165, 1.54) is 27.4 Å². The second kappa shape index (κ2) is 9.20. The molecule has 2 aromatic rings. The van der Waals surface area contributed by atoms with Crippen molar-refractivity contribution in [1.29, 1.82) is 0 Å². The molecule has 7 nitrogen and oxygen atoms in total. The van der Waals surface area contributed by atoms with Crippen LogP contribution < -0.4 is 14.2 Å². The molecule has 2 rings (SSSR count). The van der Waals surface area contributed by atoms with Crippen molar-refractivity contribution in [3.63, 3.8) is 0 Å². The van der Waals surface area contributed by atoms with E-state index in [9.17, 15) is 13.2 Å². The van der Waals surface area contributed by atoms with E-state index in [2.05, 4.69) is 25.4 Å². The predicted octanol–water partition coefficient (Wildman–Crippen LogP) is 2.66. The van der Waals surface area contributed by atoms with Crippen LogP contribution in [0.25, 0.3) is 0 Å². The first-order valence-electron chi connectivity index (χ1n) is 7.86. The minimum Gasteiger partial charge on any atom is -0.497 e. The molecule has 0 fully saturated rings. The maximum absolute atomic E-state index is 12.8. The summed E-state index contributed by atoms with van der Waals surface area (Å²) in [5.74, 6) is 0.579. The lowest BCUT2D eigenvalue weighted by Gasteiger charge is -2.14. The van der Waals surface area contributed by atoms with Gasteiger partial charge >= 0.3 is 5.97 Å². The molecule has 0 atom stereocenters. The van der Waals surface area contributed by atoms with Crippen molar-refractivity contribution in [3.05, 3.63) is 52.0 Å². The summed E-state index contributed by atoms with van der Waals surface area (Å²) < 4.78 is 43.8. The van der Waals surface area contributed by atoms with Crippen molar-refractivity contribution in [3.8, 4) is 11.5 Å². The third-order valence-electron chi connectivity index (χ3n) is 3.82. The number of carbonyl (C=O) groups is 1. The van der Waals surface area contributed by atoms with E-state index in [1.54, 1.807) is 30.3 Å². The summed E-state index contributed by atoms with van der Waals surface area (Å²) in [5, 5.41) is 0. The Morgan fingerprint density at radius 1 is 1.04 bits per heavy atom. The van der Waals surface area contributed by atoms with E-state index in [4.69, 9.17) is 9.47 Å². The molecule has 0 heterocycles. The Hall–Kier alpha value is -2.10. The standard InChI is InChI=1S/C18H20BrNO6S/c1-24-15-6-4-12(16(10-15)25-2)11-20-27(22,23)17-7-5-14(19)8-13(17)9-18(21)26-3/h4-8,10,20H,9,11H2,1-3H3. The van der Waals surface area contributed by atoms with Crippen LogP contribution >= 0.6 is 15.9 Å². The van der Waals surface area contributed by atoms with E-state index in [0.29, 0.717) is 27.1 Å². The van der Waals surface area contributed by atoms with Gasteiger partial charge in [-0.25, -0.2) is 13.1 Å². The Labute approximate surface area is 166 Å². The van der Waals surface area contributed by atoms with Crippen LogP contribution in [0.1, 0.15) is 11.1 Å². The third-order valence-corrected chi connectivity index (χ3v) is 5.82. The summed E-state index contributed by atoms with van der Waals surface area (Å²) in [6, 6.07) is 9.73. The maximum atomic E-state index is 12.8. The molecule has 146 valence electrons. The molecule has 0 saturated heterocycles. The highest BCUT2D eigenvalue weighted by Crippen LogP contribution is 2.26. The van der Waals surface area contributed by atoms with Gasteiger partial charge in [0.25, 0.3) is 0 Å². The van der Waals surface area contributed by atoms with Gasteiger partial charge in [0.15, 0.2) is 0 Å². The maximum Gasteiger partial charge on any atom is 0.310 e. The van der Waals surface area contributed by atoms with Crippen LogP contribution in [-0.4, -0.2) is 35.7 Å². The Bertz CT molecular complexity index is 929. The molecule has 0 aliphatic carbocycles. The van der Waals surface area contributed by atoms with Gasteiger partial charge in [0.05, 0.1) is 32.6 Å². The zero-order valence-electron chi connectivity index (χ0n) is 15.1. The van der Waals surface area contributed by atoms with Crippen LogP contribution in [0.4, 0.5) is 0 Å². The summed E-state index contributed by atoms with van der Waals surface area (Å²) in [6.45, 7) is 0.0171. The Morgan fingerprint density at radius 3 is 2.41 bits per heavy atom. The summed E-state index contributed by atoms with van der Waals surface area (Å²) in [4.78, 5) is 11.6. The van der Waals surface area contributed by atoms with E-state index in [-0.39, 0.29) is 17.9 Å². The fourth-order valence-electron chi connectivity index (χ4n) is 2.42. The molecule has 0 spiro atoms. The molecule has 27 heavy (non-hydrogen) atoms. The van der Waals surface area contributed by atoms with Gasteiger partial charge in [-0.3, -0.25) is 4.79 Å². The topological polar surface area (TPSA) is 90.9 Å². The quantitative estimate of drug-likeness (QED) is 0.612. The lowest BCUT2D eigenvalue weighted by molar-refractivity contribution is -0.139. The molecule has 0 aromatic heterocycles. The molecule has 1 N–H and O–H groups in total. The molecule has 0 saturated carbocycles. The smallest absolute Gasteiger partial charge is 0.310 e. The first-order valence-corrected chi connectivity index (χ1v) is 10.1. The number of esters is 1. The number of halogens is 1. The Balaban J connectivity index is 2.28. The van der Waals surface area contributed by atoms with Crippen molar-refractivity contribution in [2.24, 2.45) is 0 Å². The van der Waals surface area contributed by atoms with Gasteiger partial charge in [0, 0.05) is 22.6 Å². The molecule has 2 aromatic carbocycles. The number of nitrogens with one attached hydrogen (secondary N) is 1. The number of carbonyl (C=O) groups excluding carboxylic acids is 1. The van der Waals surface area contributed by atoms with Gasteiger partial charge in [-0.15, -0.1) is 0 Å². The highest BCUT2D eigenvalue weighted by atomic mass is 79.9. The van der Waals surface area contributed by atoms with Crippen LogP contribution in [0.5, 0.6) is 11.5 Å². The molecule has 0 amide bonds. The Kier molecular flexibility index (Phi) is 7.23. The zero-order valence-corrected chi connectivity index (χ0v) is 17.5. The number of sulfonamides is 1. The van der Waals surface area contributed by atoms with Crippen LogP contribution in [-0.2, 0) is 32.5 Å². The first-order chi connectivity index (χ1) is 12.8. The van der Waals surface area contributed by atoms with Gasteiger partial charge in [-0.2, -0.15) is 0 Å². The van der Waals surface area contributed by atoms with Crippen molar-refractivity contribution in [2.45, 2.75) is 17.9 Å². The molecule has 0 aliphatic rings. The molecule has 0 aliphatic heterocycles. The third kappa shape index (κ3) is 5.44. The average molecular weight is 458 g/mol. The van der Waals surface area contributed by atoms with Crippen molar-refractivity contribution in [2.75, 3.05) is 21.3 Å². The first kappa shape index (κ1) is 21.2. The largest absolute Gasteiger partial charge is 0.497 e. The van der Waals surface area contributed by atoms with E-state index >= 15 is 0 Å². The minimum absolute atomic E-state index is 0.0171. The lowest BCUT2D eigenvalue weighted by Crippen LogP contribution is -2.25. The fraction of sp³-hybridized carbons (Fsp3) is 0.278. The fourth-order valence-corrected chi connectivity index (χ4v) is 4.06. The van der Waals surface area contributed by atoms with Gasteiger partial charge in [0.1, 0.15) is 11.5 Å². The van der Waals surface area contributed by atoms with Crippen LogP contribution in [0.15, 0.2) is 45.8 Å². The van der Waals surface area contributed by atoms with Gasteiger partial charge in [-0.05, 0) is 29.8 Å². The normalized spacial score (nSPS) is 11.1. The average Bonchev–Trinajstić information content (AvgIpc) is 2.65. The predicted molar refractivity (Wildman–Crippen MR) is 103 cm³/mol. The lowest BCUT2D eigenvalue weighted by atomic mass is 10.1. The van der Waals surface area contributed by atoms with E-state index in [1.807, 2.05) is 0 Å². The van der Waals surface area contributed by atoms with Crippen molar-refractivity contribution >= 4 is 31.9 Å². The van der Waals surface area contributed by atoms with Gasteiger partial charge < -0.3 is 14.2 Å². The molecular formula is C18H20BrNO6S. The summed E-state index contributed by atoms with van der Waals surface area (Å²) in [5.41, 5.74) is 0.985. The number of methoxy groups -OCH3 is 3. The molecule has 0 radical (unpaired) electrons. The van der Waals surface area contributed by atoms with E-state index in [0.717, 1.165) is 0 Å². The minimum atomic E-state index is -3.87. The summed E-state index contributed by atoms with van der Waals surface area (Å²) >= 11 is 3.29. The van der Waals surface area contributed by atoms with Crippen LogP contribution in [0, 0.1) is 0 Å². The molecule has 0 unspecified atom stereocenters. The van der Waals surface area contributed by atoms with E-state index < -0.39 is 16.0 Å². The SMILES string of the molecule is COC(=O)Cc1cc(Br)ccc1S(=O)(=O)NCc1ccc(OC)cc1OC. The highest BCUT2D eigenvalue weighted by molar-refractivity contribution is 9.10. The number of hydrogen-bond acceptors (Lipinski definition) is 6. The number of hydrogen-bond donors (Lipinski definition) is 1. The van der Waals surface area contributed by atoms with Gasteiger partial charge in [0.2, 0.25) is 10.0 Å². The highest BCUT2D eigenvalue weighted by Gasteiger charge is 2.21. The molecular weight excluding hydrogens is 438 g/mol. The summed E-state index contributed by atoms with van der Waals surface area (Å²) in [6.07, 6.45) is -0.155. The number of ether oxygens (including phenoxy) is 3. The molecule has 0 bridgehead atoms. The number of benzene rings is 2. The number of rotatable bonds is 8. The monoisotopic (exact) mass is 457 g/mol. The van der Waals surface area contributed by atoms with Crippen LogP contribution in [0.2, 0.25) is 0 Å². The Morgan fingerprint density at radius 2 is 1.78 bits per heavy atom. The van der Waals surface area contributed by atoms with Gasteiger partial charge in [-0.1, -0.05) is 22.0 Å². The summed E-state index contributed by atoms with van der Waals surface area (Å²) in [7, 11) is 0.418. The second-order valence-electron chi connectivity index (χ2n) is 5.51. The zero-order chi connectivity index (χ0) is 20.0. The van der Waals surface area contributed by atoms with Crippen molar-refractivity contribution in [1.82, 2.24) is 4.72 Å². The molecule has 9 heteroatoms. The van der Waals surface area contributed by atoms with Crippen molar-refractivity contribution < 1.29 is 27.4 Å². The van der Waals surface area contributed by atoms with Crippen LogP contribution in [0.3, 0.4) is 0 Å².